The van der Waals surface area contributed by atoms with Gasteiger partial charge < -0.3 is 0 Å². The van der Waals surface area contributed by atoms with Gasteiger partial charge in [0.25, 0.3) is 0 Å². The van der Waals surface area contributed by atoms with Gasteiger partial charge in [-0.15, -0.1) is 0 Å². The topological polar surface area (TPSA) is 71.7 Å². The van der Waals surface area contributed by atoms with Gasteiger partial charge >= 0.3 is 5.69 Å². The molecular weight excluding hydrogens is 292 g/mol. The highest BCUT2D eigenvalue weighted by molar-refractivity contribution is 5.32. The fraction of sp³-hybridized carbons (Fsp3) is 0.312. The normalized spacial score (nSPS) is 14.8. The van der Waals surface area contributed by atoms with E-state index >= 15 is 0 Å². The van der Waals surface area contributed by atoms with Gasteiger partial charge in [0, 0.05) is 31.4 Å². The predicted molar refractivity (Wildman–Crippen MR) is 85.3 cm³/mol. The van der Waals surface area contributed by atoms with Crippen molar-refractivity contribution in [1.82, 2.24) is 29.4 Å². The zero-order valence-corrected chi connectivity index (χ0v) is 12.9. The molecule has 7 heteroatoms. The van der Waals surface area contributed by atoms with Gasteiger partial charge in [-0.25, -0.2) is 14.6 Å². The molecule has 1 aliphatic rings. The van der Waals surface area contributed by atoms with Crippen LogP contribution in [0.15, 0.2) is 41.3 Å². The van der Waals surface area contributed by atoms with E-state index in [-0.39, 0.29) is 5.69 Å². The quantitative estimate of drug-likeness (QED) is 0.786. The third kappa shape index (κ3) is 2.59. The van der Waals surface area contributed by atoms with Crippen molar-refractivity contribution >= 4 is 0 Å². The Bertz CT molecular complexity index is 876. The Morgan fingerprint density at radius 1 is 1.22 bits per heavy atom. The Morgan fingerprint density at radius 3 is 2.87 bits per heavy atom. The number of aryl methyl sites for hydroxylation is 1. The zero-order valence-electron chi connectivity index (χ0n) is 12.9. The van der Waals surface area contributed by atoms with Crippen molar-refractivity contribution in [3.63, 3.8) is 0 Å². The fourth-order valence-corrected chi connectivity index (χ4v) is 2.96. The van der Waals surface area contributed by atoms with Crippen molar-refractivity contribution in [2.45, 2.75) is 26.6 Å². The summed E-state index contributed by atoms with van der Waals surface area (Å²) in [6.45, 7) is 5.02. The van der Waals surface area contributed by atoms with Crippen LogP contribution in [0.2, 0.25) is 0 Å². The van der Waals surface area contributed by atoms with Gasteiger partial charge in [-0.2, -0.15) is 10.2 Å². The van der Waals surface area contributed by atoms with Crippen molar-refractivity contribution in [1.29, 1.82) is 0 Å². The maximum atomic E-state index is 11.6. The molecule has 0 saturated heterocycles. The Kier molecular flexibility index (Phi) is 3.34. The summed E-state index contributed by atoms with van der Waals surface area (Å²) in [5.41, 5.74) is 3.16. The largest absolute Gasteiger partial charge is 0.343 e. The van der Waals surface area contributed by atoms with E-state index in [1.807, 2.05) is 41.9 Å². The molecule has 0 fully saturated rings. The van der Waals surface area contributed by atoms with E-state index in [2.05, 4.69) is 26.4 Å². The van der Waals surface area contributed by atoms with Gasteiger partial charge in [0.15, 0.2) is 0 Å². The number of nitrogens with zero attached hydrogens (tertiary/aromatic N) is 5. The highest BCUT2D eigenvalue weighted by Gasteiger charge is 2.20. The van der Waals surface area contributed by atoms with Crippen LogP contribution in [0.1, 0.15) is 17.1 Å². The average molecular weight is 310 g/mol. The Hall–Kier alpha value is -2.67. The number of nitrogens with one attached hydrogen (secondary N) is 1. The molecule has 0 radical (unpaired) electrons. The van der Waals surface area contributed by atoms with Gasteiger partial charge in [-0.05, 0) is 19.1 Å². The van der Waals surface area contributed by atoms with E-state index in [9.17, 15) is 4.79 Å². The van der Waals surface area contributed by atoms with Gasteiger partial charge in [0.1, 0.15) is 5.82 Å². The van der Waals surface area contributed by atoms with Crippen molar-refractivity contribution in [2.75, 3.05) is 6.54 Å². The second kappa shape index (κ2) is 5.51. The van der Waals surface area contributed by atoms with Crippen LogP contribution in [0.3, 0.4) is 0 Å². The minimum absolute atomic E-state index is 0.118. The van der Waals surface area contributed by atoms with Crippen LogP contribution in [0, 0.1) is 6.92 Å². The molecular formula is C16H18N6O. The van der Waals surface area contributed by atoms with Gasteiger partial charge in [-0.1, -0.05) is 18.2 Å². The summed E-state index contributed by atoms with van der Waals surface area (Å²) in [7, 11) is 0. The van der Waals surface area contributed by atoms with Crippen LogP contribution in [-0.2, 0) is 19.6 Å². The molecule has 0 atom stereocenters. The fourth-order valence-electron chi connectivity index (χ4n) is 2.96. The van der Waals surface area contributed by atoms with Crippen molar-refractivity contribution in [2.24, 2.45) is 0 Å². The van der Waals surface area contributed by atoms with E-state index in [1.165, 1.54) is 5.56 Å². The van der Waals surface area contributed by atoms with Crippen LogP contribution < -0.4 is 5.69 Å². The summed E-state index contributed by atoms with van der Waals surface area (Å²) < 4.78 is 3.62. The lowest BCUT2D eigenvalue weighted by Gasteiger charge is -2.26. The lowest BCUT2D eigenvalue weighted by atomic mass is 10.2. The predicted octanol–water partition coefficient (Wildman–Crippen LogP) is 1.08. The summed E-state index contributed by atoms with van der Waals surface area (Å²) in [5.74, 6) is 0.800. The number of fused-ring (bicyclic) bond motifs is 1. The summed E-state index contributed by atoms with van der Waals surface area (Å²) in [5, 5.41) is 11.2. The first-order chi connectivity index (χ1) is 11.2. The molecule has 3 heterocycles. The van der Waals surface area contributed by atoms with Crippen LogP contribution in [0.25, 0.3) is 5.69 Å². The molecule has 0 amide bonds. The lowest BCUT2D eigenvalue weighted by Crippen LogP contribution is -2.36. The van der Waals surface area contributed by atoms with Crippen LogP contribution in [0.5, 0.6) is 0 Å². The first kappa shape index (κ1) is 14.0. The number of benzene rings is 1. The molecule has 1 N–H and O–H groups in total. The molecule has 7 nitrogen and oxygen atoms in total. The van der Waals surface area contributed by atoms with Crippen LogP contribution in [0.4, 0.5) is 0 Å². The molecule has 0 unspecified atom stereocenters. The maximum Gasteiger partial charge on any atom is 0.343 e. The molecule has 3 aromatic rings. The third-order valence-corrected chi connectivity index (χ3v) is 4.26. The van der Waals surface area contributed by atoms with Gasteiger partial charge in [-0.3, -0.25) is 9.47 Å². The summed E-state index contributed by atoms with van der Waals surface area (Å²) in [6.07, 6.45) is 2.08. The molecule has 2 aromatic heterocycles. The number of hydrogen-bond donors (Lipinski definition) is 1. The van der Waals surface area contributed by atoms with E-state index in [1.54, 1.807) is 4.57 Å². The maximum absolute atomic E-state index is 11.6. The number of H-pyrrole nitrogens is 1. The van der Waals surface area contributed by atoms with E-state index in [0.29, 0.717) is 13.1 Å². The smallest absolute Gasteiger partial charge is 0.290 e. The number of aromatic amines is 1. The molecule has 0 aliphatic carbocycles. The molecule has 23 heavy (non-hydrogen) atoms. The summed E-state index contributed by atoms with van der Waals surface area (Å²) in [4.78, 5) is 13.8. The Labute approximate surface area is 133 Å². The van der Waals surface area contributed by atoms with Gasteiger partial charge in [0.05, 0.1) is 17.9 Å². The highest BCUT2D eigenvalue weighted by Crippen LogP contribution is 2.16. The third-order valence-electron chi connectivity index (χ3n) is 4.26. The van der Waals surface area contributed by atoms with Crippen molar-refractivity contribution in [3.05, 3.63) is 64.1 Å². The van der Waals surface area contributed by atoms with E-state index in [0.717, 1.165) is 30.3 Å². The minimum Gasteiger partial charge on any atom is -0.290 e. The molecule has 0 spiro atoms. The lowest BCUT2D eigenvalue weighted by molar-refractivity contribution is 0.207. The number of para-hydroxylation sites is 1. The highest BCUT2D eigenvalue weighted by atomic mass is 16.1. The zero-order chi connectivity index (χ0) is 15.8. The monoisotopic (exact) mass is 310 g/mol. The van der Waals surface area contributed by atoms with Crippen molar-refractivity contribution < 1.29 is 0 Å². The number of rotatable bonds is 3. The average Bonchev–Trinajstić information content (AvgIpc) is 3.12. The minimum atomic E-state index is -0.118. The Balaban J connectivity index is 1.54. The molecule has 0 bridgehead atoms. The summed E-state index contributed by atoms with van der Waals surface area (Å²) in [6, 6.07) is 10.1. The number of hydrogen-bond acceptors (Lipinski definition) is 4. The molecule has 1 aliphatic heterocycles. The second-order valence-corrected chi connectivity index (χ2v) is 5.83. The first-order valence-corrected chi connectivity index (χ1v) is 7.68. The summed E-state index contributed by atoms with van der Waals surface area (Å²) >= 11 is 0. The van der Waals surface area contributed by atoms with E-state index < -0.39 is 0 Å². The van der Waals surface area contributed by atoms with Gasteiger partial charge in [0.2, 0.25) is 0 Å². The molecule has 0 saturated carbocycles. The first-order valence-electron chi connectivity index (χ1n) is 7.68. The SMILES string of the molecule is Cc1nn(-c2ccccc2)cc1CN1CCn2c(n[nH]c2=O)C1. The van der Waals surface area contributed by atoms with Crippen LogP contribution >= 0.6 is 0 Å². The second-order valence-electron chi connectivity index (χ2n) is 5.83. The molecule has 1 aromatic carbocycles. The van der Waals surface area contributed by atoms with Crippen LogP contribution in [-0.4, -0.2) is 36.0 Å². The van der Waals surface area contributed by atoms with E-state index in [4.69, 9.17) is 0 Å². The number of aromatic nitrogens is 5. The van der Waals surface area contributed by atoms with Crippen molar-refractivity contribution in [3.8, 4) is 5.69 Å². The standard InChI is InChI=1S/C16H18N6O/c1-12-13(10-22(19-12)14-5-3-2-4-6-14)9-20-7-8-21-15(11-20)17-18-16(21)23/h2-6,10H,7-9,11H2,1H3,(H,18,23). The molecule has 4 rings (SSSR count). The Morgan fingerprint density at radius 2 is 2.04 bits per heavy atom. The molecule has 118 valence electrons.